The summed E-state index contributed by atoms with van der Waals surface area (Å²) < 4.78 is 23.9. The van der Waals surface area contributed by atoms with E-state index in [1.54, 1.807) is 0 Å². The van der Waals surface area contributed by atoms with Crippen molar-refractivity contribution in [2.24, 2.45) is 11.1 Å². The van der Waals surface area contributed by atoms with Gasteiger partial charge in [0, 0.05) is 11.6 Å². The van der Waals surface area contributed by atoms with E-state index < -0.39 is 10.0 Å². The van der Waals surface area contributed by atoms with Gasteiger partial charge in [0.15, 0.2) is 0 Å². The molecule has 1 aromatic carbocycles. The molecule has 1 amide bonds. The molecule has 2 rings (SSSR count). The Balaban J connectivity index is 2.17. The predicted molar refractivity (Wildman–Crippen MR) is 100 cm³/mol. The Hall–Kier alpha value is -1.40. The SMILES string of the molecule is CC(C)CCC[C@@H](C)NC(=O)c1cc2c(c(S(N)(=O)=O)c1)CCCC2. The number of hydrogen-bond donors (Lipinski definition) is 2. The lowest BCUT2D eigenvalue weighted by molar-refractivity contribution is 0.0937. The third-order valence-corrected chi connectivity index (χ3v) is 5.77. The fourth-order valence-electron chi connectivity index (χ4n) is 3.42. The van der Waals surface area contributed by atoms with Crippen LogP contribution in [-0.4, -0.2) is 20.4 Å². The summed E-state index contributed by atoms with van der Waals surface area (Å²) in [5, 5.41) is 8.37. The second-order valence-corrected chi connectivity index (χ2v) is 9.09. The van der Waals surface area contributed by atoms with Gasteiger partial charge >= 0.3 is 0 Å². The molecule has 25 heavy (non-hydrogen) atoms. The molecule has 1 atom stereocenters. The number of amides is 1. The summed E-state index contributed by atoms with van der Waals surface area (Å²) in [6.07, 6.45) is 6.57. The lowest BCUT2D eigenvalue weighted by Crippen LogP contribution is -2.33. The van der Waals surface area contributed by atoms with Crippen molar-refractivity contribution in [1.82, 2.24) is 5.32 Å². The third-order valence-electron chi connectivity index (χ3n) is 4.79. The fraction of sp³-hybridized carbons (Fsp3) is 0.632. The van der Waals surface area contributed by atoms with Gasteiger partial charge in [-0.05, 0) is 68.2 Å². The molecule has 0 saturated carbocycles. The van der Waals surface area contributed by atoms with E-state index in [1.807, 2.05) is 13.0 Å². The van der Waals surface area contributed by atoms with Crippen LogP contribution in [0.4, 0.5) is 0 Å². The van der Waals surface area contributed by atoms with Crippen molar-refractivity contribution in [3.8, 4) is 0 Å². The summed E-state index contributed by atoms with van der Waals surface area (Å²) in [6.45, 7) is 6.35. The maximum absolute atomic E-state index is 12.6. The van der Waals surface area contributed by atoms with Crippen LogP contribution in [0.5, 0.6) is 0 Å². The van der Waals surface area contributed by atoms with Gasteiger partial charge < -0.3 is 5.32 Å². The fourth-order valence-corrected chi connectivity index (χ4v) is 4.29. The topological polar surface area (TPSA) is 89.3 Å². The summed E-state index contributed by atoms with van der Waals surface area (Å²) in [4.78, 5) is 12.7. The van der Waals surface area contributed by atoms with Crippen LogP contribution in [0.2, 0.25) is 0 Å². The zero-order valence-electron chi connectivity index (χ0n) is 15.5. The van der Waals surface area contributed by atoms with Gasteiger partial charge in [-0.1, -0.05) is 26.7 Å². The van der Waals surface area contributed by atoms with Gasteiger partial charge in [0.1, 0.15) is 0 Å². The molecule has 0 bridgehead atoms. The van der Waals surface area contributed by atoms with E-state index in [-0.39, 0.29) is 16.8 Å². The maximum Gasteiger partial charge on any atom is 0.251 e. The van der Waals surface area contributed by atoms with Crippen LogP contribution in [0.15, 0.2) is 17.0 Å². The quantitative estimate of drug-likeness (QED) is 0.777. The van der Waals surface area contributed by atoms with Crippen LogP contribution in [0.1, 0.15) is 74.4 Å². The van der Waals surface area contributed by atoms with Crippen LogP contribution in [-0.2, 0) is 22.9 Å². The van der Waals surface area contributed by atoms with Crippen molar-refractivity contribution in [1.29, 1.82) is 0 Å². The molecule has 1 aromatic rings. The number of sulfonamides is 1. The van der Waals surface area contributed by atoms with Crippen molar-refractivity contribution >= 4 is 15.9 Å². The largest absolute Gasteiger partial charge is 0.350 e. The molecule has 1 aliphatic carbocycles. The first-order valence-corrected chi connectivity index (χ1v) is 10.7. The highest BCUT2D eigenvalue weighted by Crippen LogP contribution is 2.28. The number of benzene rings is 1. The third kappa shape index (κ3) is 5.54. The number of carbonyl (C=O) groups is 1. The molecule has 1 aliphatic rings. The minimum Gasteiger partial charge on any atom is -0.350 e. The van der Waals surface area contributed by atoms with Gasteiger partial charge in [-0.25, -0.2) is 13.6 Å². The molecular formula is C19H30N2O3S. The van der Waals surface area contributed by atoms with E-state index in [0.29, 0.717) is 17.9 Å². The molecule has 0 fully saturated rings. The number of aryl methyl sites for hydroxylation is 1. The van der Waals surface area contributed by atoms with Crippen molar-refractivity contribution < 1.29 is 13.2 Å². The van der Waals surface area contributed by atoms with Crippen molar-refractivity contribution in [2.75, 3.05) is 0 Å². The minimum atomic E-state index is -3.83. The van der Waals surface area contributed by atoms with E-state index in [2.05, 4.69) is 19.2 Å². The summed E-state index contributed by atoms with van der Waals surface area (Å²) in [5.74, 6) is 0.427. The van der Waals surface area contributed by atoms with Crippen LogP contribution < -0.4 is 10.5 Å². The zero-order valence-corrected chi connectivity index (χ0v) is 16.3. The average Bonchev–Trinajstić information content (AvgIpc) is 2.52. The molecule has 0 heterocycles. The molecular weight excluding hydrogens is 336 g/mol. The smallest absolute Gasteiger partial charge is 0.251 e. The molecule has 0 aromatic heterocycles. The molecule has 0 saturated heterocycles. The second-order valence-electron chi connectivity index (χ2n) is 7.56. The lowest BCUT2D eigenvalue weighted by Gasteiger charge is -2.21. The molecule has 0 aliphatic heterocycles. The number of rotatable bonds is 7. The average molecular weight is 367 g/mol. The summed E-state index contributed by atoms with van der Waals surface area (Å²) in [7, 11) is -3.83. The Labute approximate surface area is 151 Å². The monoisotopic (exact) mass is 366 g/mol. The van der Waals surface area contributed by atoms with Crippen molar-refractivity contribution in [3.63, 3.8) is 0 Å². The molecule has 0 spiro atoms. The molecule has 140 valence electrons. The molecule has 6 heteroatoms. The van der Waals surface area contributed by atoms with Gasteiger partial charge in [-0.15, -0.1) is 0 Å². The normalized spacial score (nSPS) is 15.7. The minimum absolute atomic E-state index is 0.0558. The Bertz CT molecular complexity index is 726. The highest BCUT2D eigenvalue weighted by Gasteiger charge is 2.23. The van der Waals surface area contributed by atoms with Crippen molar-refractivity contribution in [2.45, 2.75) is 76.7 Å². The van der Waals surface area contributed by atoms with E-state index in [9.17, 15) is 13.2 Å². The predicted octanol–water partition coefficient (Wildman–Crippen LogP) is 3.16. The molecule has 5 nitrogen and oxygen atoms in total. The Kier molecular flexibility index (Phi) is 6.63. The highest BCUT2D eigenvalue weighted by molar-refractivity contribution is 7.89. The number of nitrogens with two attached hydrogens (primary N) is 1. The highest BCUT2D eigenvalue weighted by atomic mass is 32.2. The van der Waals surface area contributed by atoms with Crippen LogP contribution in [0.3, 0.4) is 0 Å². The van der Waals surface area contributed by atoms with E-state index >= 15 is 0 Å². The number of nitrogens with one attached hydrogen (secondary N) is 1. The van der Waals surface area contributed by atoms with Gasteiger partial charge in [0.25, 0.3) is 5.91 Å². The van der Waals surface area contributed by atoms with Gasteiger partial charge in [0.05, 0.1) is 4.90 Å². The summed E-state index contributed by atoms with van der Waals surface area (Å²) >= 11 is 0. The lowest BCUT2D eigenvalue weighted by atomic mass is 9.90. The summed E-state index contributed by atoms with van der Waals surface area (Å²) in [6, 6.07) is 3.33. The van der Waals surface area contributed by atoms with E-state index in [0.717, 1.165) is 49.7 Å². The van der Waals surface area contributed by atoms with Crippen LogP contribution >= 0.6 is 0 Å². The Morgan fingerprint density at radius 3 is 2.48 bits per heavy atom. The number of fused-ring (bicyclic) bond motifs is 1. The van der Waals surface area contributed by atoms with Gasteiger partial charge in [-0.3, -0.25) is 4.79 Å². The number of carbonyl (C=O) groups excluding carboxylic acids is 1. The number of hydrogen-bond acceptors (Lipinski definition) is 3. The maximum atomic E-state index is 12.6. The second kappa shape index (κ2) is 8.32. The first kappa shape index (κ1) is 19.9. The first-order chi connectivity index (χ1) is 11.7. The van der Waals surface area contributed by atoms with Crippen LogP contribution in [0, 0.1) is 5.92 Å². The molecule has 0 radical (unpaired) electrons. The van der Waals surface area contributed by atoms with Crippen LogP contribution in [0.25, 0.3) is 0 Å². The molecule has 3 N–H and O–H groups in total. The van der Waals surface area contributed by atoms with Gasteiger partial charge in [-0.2, -0.15) is 0 Å². The standard InChI is InChI=1S/C19H30N2O3S/c1-13(2)7-6-8-14(3)21-19(22)16-11-15-9-4-5-10-17(15)18(12-16)25(20,23)24/h11-14H,4-10H2,1-3H3,(H,21,22)(H2,20,23,24)/t14-/m1/s1. The van der Waals surface area contributed by atoms with Gasteiger partial charge in [0.2, 0.25) is 10.0 Å². The summed E-state index contributed by atoms with van der Waals surface area (Å²) in [5.41, 5.74) is 2.12. The first-order valence-electron chi connectivity index (χ1n) is 9.18. The van der Waals surface area contributed by atoms with E-state index in [1.165, 1.54) is 6.07 Å². The van der Waals surface area contributed by atoms with E-state index in [4.69, 9.17) is 5.14 Å². The zero-order chi connectivity index (χ0) is 18.6. The molecule has 0 unspecified atom stereocenters. The number of primary sulfonamides is 1. The van der Waals surface area contributed by atoms with Crippen molar-refractivity contribution in [3.05, 3.63) is 28.8 Å². The Morgan fingerprint density at radius 1 is 1.16 bits per heavy atom. The Morgan fingerprint density at radius 2 is 1.84 bits per heavy atom.